The van der Waals surface area contributed by atoms with Crippen LogP contribution in [0.3, 0.4) is 0 Å². The first-order chi connectivity index (χ1) is 13.9. The molecule has 0 saturated heterocycles. The number of carbonyl (C=O) groups excluding carboxylic acids is 1. The predicted molar refractivity (Wildman–Crippen MR) is 111 cm³/mol. The molecule has 0 spiro atoms. The number of pyridine rings is 1. The highest BCUT2D eigenvalue weighted by molar-refractivity contribution is 5.96. The second kappa shape index (κ2) is 11.4. The third-order valence-corrected chi connectivity index (χ3v) is 3.52. The zero-order valence-corrected chi connectivity index (χ0v) is 16.8. The lowest BCUT2D eigenvalue weighted by Gasteiger charge is -2.21. The first kappa shape index (κ1) is 23.5. The fourth-order valence-electron chi connectivity index (χ4n) is 2.51. The van der Waals surface area contributed by atoms with E-state index < -0.39 is 0 Å². The average molecular weight is 397 g/mol. The minimum atomic E-state index is -0.292. The fraction of sp³-hybridized carbons (Fsp3) is 0.227. The highest BCUT2D eigenvalue weighted by Gasteiger charge is 2.13. The molecule has 2 aromatic carbocycles. The van der Waals surface area contributed by atoms with Gasteiger partial charge in [0.2, 0.25) is 0 Å². The molecule has 3 aromatic rings. The number of halogens is 1. The number of nitriles is 1. The minimum absolute atomic E-state index is 0.241. The zero-order valence-electron chi connectivity index (χ0n) is 16.8. The summed E-state index contributed by atoms with van der Waals surface area (Å²) in [6.45, 7) is 5.81. The molecule has 2 N–H and O–H groups in total. The highest BCUT2D eigenvalue weighted by Crippen LogP contribution is 2.31. The van der Waals surface area contributed by atoms with E-state index in [-0.39, 0.29) is 12.1 Å². The molecular formula is C22H24FN3O3. The van der Waals surface area contributed by atoms with Gasteiger partial charge in [-0.25, -0.2) is 0 Å². The maximum atomic E-state index is 9.85. The molecular weight excluding hydrogens is 373 g/mol. The van der Waals surface area contributed by atoms with Crippen molar-refractivity contribution in [2.75, 3.05) is 7.05 Å². The van der Waals surface area contributed by atoms with Crippen molar-refractivity contribution in [1.82, 2.24) is 4.98 Å². The Kier molecular flexibility index (Phi) is 9.23. The lowest BCUT2D eigenvalue weighted by Crippen LogP contribution is -2.22. The number of rotatable bonds is 3. The summed E-state index contributed by atoms with van der Waals surface area (Å²) < 4.78 is 15.8. The summed E-state index contributed by atoms with van der Waals surface area (Å²) in [6.07, 6.45) is 3.70. The summed E-state index contributed by atoms with van der Waals surface area (Å²) in [5.74, 6) is 0.839. The molecule has 29 heavy (non-hydrogen) atoms. The molecule has 0 fully saturated rings. The summed E-state index contributed by atoms with van der Waals surface area (Å²) >= 11 is 0. The van der Waals surface area contributed by atoms with Gasteiger partial charge < -0.3 is 10.5 Å². The molecule has 3 rings (SSSR count). The van der Waals surface area contributed by atoms with Crippen molar-refractivity contribution in [2.45, 2.75) is 26.4 Å². The Hall–Kier alpha value is -3.50. The molecule has 1 aromatic heterocycles. The summed E-state index contributed by atoms with van der Waals surface area (Å²) in [6, 6.07) is 15.7. The third-order valence-electron chi connectivity index (χ3n) is 3.52. The quantitative estimate of drug-likeness (QED) is 0.650. The van der Waals surface area contributed by atoms with E-state index in [0.29, 0.717) is 5.56 Å². The van der Waals surface area contributed by atoms with Gasteiger partial charge in [0, 0.05) is 27.9 Å². The van der Waals surface area contributed by atoms with Crippen LogP contribution in [0.1, 0.15) is 26.3 Å². The number of fused-ring (bicyclic) bond motifs is 1. The first-order valence-corrected chi connectivity index (χ1v) is 8.74. The molecule has 0 aliphatic rings. The maximum absolute atomic E-state index is 9.85. The van der Waals surface area contributed by atoms with Gasteiger partial charge in [-0.05, 0) is 69.1 Å². The number of benzene rings is 2. The molecule has 0 atom stereocenters. The SMILES string of the molecule is CC(C)(C)Oc1ccc2cncc(-c3ccc(C#N)cc3)c2c1.CN.O=COF. The van der Waals surface area contributed by atoms with Crippen LogP contribution in [-0.4, -0.2) is 24.1 Å². The number of ether oxygens (including phenoxy) is 1. The van der Waals surface area contributed by atoms with Crippen LogP contribution < -0.4 is 10.5 Å². The van der Waals surface area contributed by atoms with E-state index >= 15 is 0 Å². The van der Waals surface area contributed by atoms with Crippen molar-refractivity contribution < 1.29 is 19.0 Å². The number of hydrogen-bond donors (Lipinski definition) is 1. The lowest BCUT2D eigenvalue weighted by molar-refractivity contribution is -0.165. The van der Waals surface area contributed by atoms with E-state index in [1.807, 2.05) is 69.6 Å². The van der Waals surface area contributed by atoms with Crippen LogP contribution in [0.4, 0.5) is 4.53 Å². The molecule has 1 heterocycles. The second-order valence-corrected chi connectivity index (χ2v) is 6.66. The normalized spacial score (nSPS) is 9.83. The molecule has 0 saturated carbocycles. The number of nitrogens with two attached hydrogens (primary N) is 1. The Morgan fingerprint density at radius 1 is 1.10 bits per heavy atom. The van der Waals surface area contributed by atoms with Crippen molar-refractivity contribution in [1.29, 1.82) is 5.26 Å². The number of hydrogen-bond acceptors (Lipinski definition) is 6. The highest BCUT2D eigenvalue weighted by atomic mass is 19.3. The van der Waals surface area contributed by atoms with Gasteiger partial charge in [0.05, 0.1) is 11.6 Å². The molecule has 0 radical (unpaired) electrons. The van der Waals surface area contributed by atoms with Crippen LogP contribution in [0.25, 0.3) is 21.9 Å². The van der Waals surface area contributed by atoms with E-state index in [1.165, 1.54) is 7.05 Å². The zero-order chi connectivity index (χ0) is 21.9. The van der Waals surface area contributed by atoms with E-state index in [0.717, 1.165) is 27.6 Å². The Balaban J connectivity index is 0.000000627. The predicted octanol–water partition coefficient (Wildman–Crippen LogP) is 4.57. The van der Waals surface area contributed by atoms with E-state index in [4.69, 9.17) is 14.8 Å². The van der Waals surface area contributed by atoms with E-state index in [2.05, 4.69) is 27.8 Å². The van der Waals surface area contributed by atoms with Crippen LogP contribution in [0.15, 0.2) is 54.9 Å². The van der Waals surface area contributed by atoms with Gasteiger partial charge in [0.15, 0.2) is 0 Å². The minimum Gasteiger partial charge on any atom is -0.488 e. The van der Waals surface area contributed by atoms with Crippen LogP contribution in [0, 0.1) is 11.3 Å². The Morgan fingerprint density at radius 2 is 1.72 bits per heavy atom. The van der Waals surface area contributed by atoms with Crippen LogP contribution in [-0.2, 0) is 9.74 Å². The van der Waals surface area contributed by atoms with Gasteiger partial charge in [-0.3, -0.25) is 14.7 Å². The van der Waals surface area contributed by atoms with Crippen molar-refractivity contribution in [3.8, 4) is 22.9 Å². The molecule has 6 nitrogen and oxygen atoms in total. The number of aromatic nitrogens is 1. The Morgan fingerprint density at radius 3 is 2.24 bits per heavy atom. The summed E-state index contributed by atoms with van der Waals surface area (Å²) in [4.78, 5) is 15.3. The van der Waals surface area contributed by atoms with E-state index in [1.54, 1.807) is 0 Å². The standard InChI is InChI=1S/C20H18N2O.CHFO2.CH5N/c1-20(2,3)23-17-9-8-16-12-22-13-19(18(16)10-17)15-6-4-14(11-21)5-7-15;2-4-1-3;1-2/h4-10,12-13H,1-3H3;1H;2H2,1H3. The monoisotopic (exact) mass is 397 g/mol. The fourth-order valence-corrected chi connectivity index (χ4v) is 2.51. The molecule has 0 aliphatic heterocycles. The smallest absolute Gasteiger partial charge is 0.337 e. The van der Waals surface area contributed by atoms with Gasteiger partial charge in [0.1, 0.15) is 11.4 Å². The summed E-state index contributed by atoms with van der Waals surface area (Å²) in [7, 11) is 1.50. The van der Waals surface area contributed by atoms with Crippen molar-refractivity contribution in [3.63, 3.8) is 0 Å². The van der Waals surface area contributed by atoms with E-state index in [9.17, 15) is 4.53 Å². The van der Waals surface area contributed by atoms with Crippen molar-refractivity contribution in [2.24, 2.45) is 5.73 Å². The Labute approximate surface area is 169 Å². The molecule has 0 unspecified atom stereocenters. The van der Waals surface area contributed by atoms with Crippen molar-refractivity contribution in [3.05, 3.63) is 60.4 Å². The average Bonchev–Trinajstić information content (AvgIpc) is 2.74. The number of nitrogens with zero attached hydrogens (tertiary/aromatic N) is 2. The summed E-state index contributed by atoms with van der Waals surface area (Å²) in [5, 5.41) is 11.1. The Bertz CT molecular complexity index is 962. The van der Waals surface area contributed by atoms with Gasteiger partial charge in [-0.1, -0.05) is 12.1 Å². The number of carbonyl (C=O) groups is 1. The molecule has 0 aliphatic carbocycles. The molecule has 152 valence electrons. The van der Waals surface area contributed by atoms with Crippen LogP contribution in [0.2, 0.25) is 0 Å². The largest absolute Gasteiger partial charge is 0.488 e. The molecule has 7 heteroatoms. The van der Waals surface area contributed by atoms with Crippen LogP contribution in [0.5, 0.6) is 5.75 Å². The van der Waals surface area contributed by atoms with Gasteiger partial charge >= 0.3 is 6.47 Å². The van der Waals surface area contributed by atoms with Gasteiger partial charge in [-0.2, -0.15) is 5.26 Å². The first-order valence-electron chi connectivity index (χ1n) is 8.74. The molecule has 0 amide bonds. The second-order valence-electron chi connectivity index (χ2n) is 6.66. The van der Waals surface area contributed by atoms with Gasteiger partial charge in [-0.15, -0.1) is 0 Å². The third kappa shape index (κ3) is 7.20. The van der Waals surface area contributed by atoms with Gasteiger partial charge in [0.25, 0.3) is 0 Å². The summed E-state index contributed by atoms with van der Waals surface area (Å²) in [5.41, 5.74) is 6.98. The topological polar surface area (TPSA) is 98.2 Å². The lowest BCUT2D eigenvalue weighted by atomic mass is 10.00. The van der Waals surface area contributed by atoms with Crippen molar-refractivity contribution >= 4 is 17.2 Å². The molecule has 0 bridgehead atoms. The maximum Gasteiger partial charge on any atom is 0.337 e. The van der Waals surface area contributed by atoms with Crippen LogP contribution >= 0.6 is 0 Å².